The van der Waals surface area contributed by atoms with Crippen LogP contribution >= 0.6 is 0 Å². The van der Waals surface area contributed by atoms with Gasteiger partial charge in [-0.15, -0.1) is 0 Å². The van der Waals surface area contributed by atoms with Crippen LogP contribution in [0.25, 0.3) is 10.9 Å². The first kappa shape index (κ1) is 18.7. The number of amides is 1. The van der Waals surface area contributed by atoms with Gasteiger partial charge in [0, 0.05) is 30.4 Å². The molecule has 1 N–H and O–H groups in total. The van der Waals surface area contributed by atoms with Crippen LogP contribution in [0.2, 0.25) is 0 Å². The number of rotatable bonds is 6. The second kappa shape index (κ2) is 7.80. The summed E-state index contributed by atoms with van der Waals surface area (Å²) >= 11 is 0. The molecule has 1 aliphatic rings. The summed E-state index contributed by atoms with van der Waals surface area (Å²) in [6, 6.07) is 16.7. The number of nitrogens with one attached hydrogen (secondary N) is 1. The molecule has 5 nitrogen and oxygen atoms in total. The van der Waals surface area contributed by atoms with E-state index in [4.69, 9.17) is 0 Å². The highest BCUT2D eigenvalue weighted by Gasteiger charge is 2.30. The van der Waals surface area contributed by atoms with Gasteiger partial charge in [-0.2, -0.15) is 0 Å². The highest BCUT2D eigenvalue weighted by Crippen LogP contribution is 2.30. The summed E-state index contributed by atoms with van der Waals surface area (Å²) in [5.74, 6) is -0.131. The molecule has 0 spiro atoms. The van der Waals surface area contributed by atoms with Gasteiger partial charge in [0.15, 0.2) is 9.84 Å². The van der Waals surface area contributed by atoms with E-state index in [-0.39, 0.29) is 11.2 Å². The summed E-state index contributed by atoms with van der Waals surface area (Å²) in [6.45, 7) is 0.569. The number of fused-ring (bicyclic) bond motifs is 1. The van der Waals surface area contributed by atoms with Crippen molar-refractivity contribution in [3.05, 3.63) is 60.8 Å². The number of hydrogen-bond donors (Lipinski definition) is 1. The lowest BCUT2D eigenvalue weighted by Gasteiger charge is -2.13. The minimum absolute atomic E-state index is 0.131. The Morgan fingerprint density at radius 3 is 2.64 bits per heavy atom. The van der Waals surface area contributed by atoms with Crippen molar-refractivity contribution in [2.24, 2.45) is 0 Å². The van der Waals surface area contributed by atoms with Gasteiger partial charge in [0.1, 0.15) is 0 Å². The van der Waals surface area contributed by atoms with Crippen LogP contribution in [0, 0.1) is 0 Å². The fourth-order valence-corrected chi connectivity index (χ4v) is 5.82. The predicted octanol–water partition coefficient (Wildman–Crippen LogP) is 4.39. The molecule has 2 aromatic carbocycles. The minimum Gasteiger partial charge on any atom is -0.347 e. The zero-order valence-electron chi connectivity index (χ0n) is 15.7. The molecule has 3 aromatic rings. The molecule has 0 atom stereocenters. The number of aryl methyl sites for hydroxylation is 1. The van der Waals surface area contributed by atoms with E-state index in [1.165, 1.54) is 0 Å². The lowest BCUT2D eigenvalue weighted by molar-refractivity contribution is -0.116. The first-order valence-electron chi connectivity index (χ1n) is 9.72. The summed E-state index contributed by atoms with van der Waals surface area (Å²) < 4.78 is 27.6. The zero-order chi connectivity index (χ0) is 19.6. The van der Waals surface area contributed by atoms with Gasteiger partial charge in [0.25, 0.3) is 0 Å². The van der Waals surface area contributed by atoms with Gasteiger partial charge in [-0.3, -0.25) is 4.79 Å². The Morgan fingerprint density at radius 1 is 1.04 bits per heavy atom. The quantitative estimate of drug-likeness (QED) is 0.672. The van der Waals surface area contributed by atoms with Crippen molar-refractivity contribution in [2.45, 2.75) is 48.8 Å². The monoisotopic (exact) mass is 396 g/mol. The summed E-state index contributed by atoms with van der Waals surface area (Å²) in [6.07, 6.45) is 5.68. The fraction of sp³-hybridized carbons (Fsp3) is 0.318. The van der Waals surface area contributed by atoms with Gasteiger partial charge in [-0.1, -0.05) is 37.1 Å². The summed E-state index contributed by atoms with van der Waals surface area (Å²) in [4.78, 5) is 12.7. The van der Waals surface area contributed by atoms with Gasteiger partial charge in [0.05, 0.1) is 10.1 Å². The van der Waals surface area contributed by atoms with Gasteiger partial charge in [-0.25, -0.2) is 8.42 Å². The highest BCUT2D eigenvalue weighted by molar-refractivity contribution is 7.92. The Bertz CT molecular complexity index is 1100. The van der Waals surface area contributed by atoms with E-state index in [0.717, 1.165) is 36.6 Å². The smallest absolute Gasteiger partial charge is 0.226 e. The van der Waals surface area contributed by atoms with E-state index >= 15 is 0 Å². The second-order valence-electron chi connectivity index (χ2n) is 7.35. The lowest BCUT2D eigenvalue weighted by atomic mass is 10.2. The van der Waals surface area contributed by atoms with Crippen molar-refractivity contribution in [3.63, 3.8) is 0 Å². The van der Waals surface area contributed by atoms with E-state index in [9.17, 15) is 13.2 Å². The largest absolute Gasteiger partial charge is 0.347 e. The van der Waals surface area contributed by atoms with Crippen molar-refractivity contribution in [2.75, 3.05) is 5.32 Å². The summed E-state index contributed by atoms with van der Waals surface area (Å²) in [5.41, 5.74) is 1.63. The molecule has 1 saturated carbocycles. The maximum Gasteiger partial charge on any atom is 0.226 e. The van der Waals surface area contributed by atoms with Gasteiger partial charge >= 0.3 is 0 Å². The molecule has 0 aliphatic heterocycles. The third-order valence-electron chi connectivity index (χ3n) is 5.45. The molecular formula is C22H24N2O3S. The van der Waals surface area contributed by atoms with Crippen LogP contribution < -0.4 is 5.32 Å². The molecule has 0 unspecified atom stereocenters. The van der Waals surface area contributed by atoms with Crippen LogP contribution in [-0.4, -0.2) is 24.1 Å². The minimum atomic E-state index is -3.32. The molecule has 146 valence electrons. The summed E-state index contributed by atoms with van der Waals surface area (Å²) in [5, 5.41) is 3.69. The molecular weight excluding hydrogens is 372 g/mol. The molecule has 1 heterocycles. The van der Waals surface area contributed by atoms with Crippen LogP contribution in [0.3, 0.4) is 0 Å². The Labute approximate surface area is 165 Å². The third kappa shape index (κ3) is 3.83. The van der Waals surface area contributed by atoms with Gasteiger partial charge in [0.2, 0.25) is 5.91 Å². The van der Waals surface area contributed by atoms with Crippen LogP contribution in [0.15, 0.2) is 65.7 Å². The van der Waals surface area contributed by atoms with E-state index in [1.807, 2.05) is 36.5 Å². The average Bonchev–Trinajstić information content (AvgIpc) is 3.37. The number of para-hydroxylation sites is 1. The van der Waals surface area contributed by atoms with Crippen molar-refractivity contribution < 1.29 is 13.2 Å². The summed E-state index contributed by atoms with van der Waals surface area (Å²) in [7, 11) is -3.32. The molecule has 6 heteroatoms. The lowest BCUT2D eigenvalue weighted by Crippen LogP contribution is -2.18. The average molecular weight is 397 g/mol. The highest BCUT2D eigenvalue weighted by atomic mass is 32.2. The molecule has 28 heavy (non-hydrogen) atoms. The molecule has 1 aliphatic carbocycles. The molecule has 1 amide bonds. The van der Waals surface area contributed by atoms with E-state index in [0.29, 0.717) is 23.5 Å². The van der Waals surface area contributed by atoms with Crippen molar-refractivity contribution in [1.82, 2.24) is 4.57 Å². The third-order valence-corrected chi connectivity index (χ3v) is 7.71. The standard InChI is InChI=1S/C22H24N2O3S/c25-22(13-15-24-14-12-17-6-1-4-11-21(17)24)23-18-7-5-10-20(16-18)28(26,27)19-8-2-3-9-19/h1,4-7,10-12,14,16,19H,2-3,8-9,13,15H2,(H,23,25). The number of benzene rings is 2. The Kier molecular flexibility index (Phi) is 5.22. The SMILES string of the molecule is O=C(CCn1ccc2ccccc21)Nc1cccc(S(=O)(=O)C2CCCC2)c1. The van der Waals surface area contributed by atoms with Crippen molar-refractivity contribution >= 4 is 32.3 Å². The van der Waals surface area contributed by atoms with Crippen LogP contribution in [-0.2, 0) is 21.2 Å². The van der Waals surface area contributed by atoms with Crippen LogP contribution in [0.5, 0.6) is 0 Å². The number of hydrogen-bond acceptors (Lipinski definition) is 3. The Hall–Kier alpha value is -2.60. The predicted molar refractivity (Wildman–Crippen MR) is 111 cm³/mol. The number of anilines is 1. The van der Waals surface area contributed by atoms with E-state index in [2.05, 4.69) is 9.88 Å². The number of aromatic nitrogens is 1. The maximum absolute atomic E-state index is 12.8. The van der Waals surface area contributed by atoms with Gasteiger partial charge in [-0.05, 0) is 48.6 Å². The molecule has 0 bridgehead atoms. The van der Waals surface area contributed by atoms with Crippen LogP contribution in [0.4, 0.5) is 5.69 Å². The van der Waals surface area contributed by atoms with Gasteiger partial charge < -0.3 is 9.88 Å². The second-order valence-corrected chi connectivity index (χ2v) is 9.57. The normalized spacial score (nSPS) is 15.1. The fourth-order valence-electron chi connectivity index (χ4n) is 3.92. The molecule has 1 fully saturated rings. The molecule has 4 rings (SSSR count). The Morgan fingerprint density at radius 2 is 1.82 bits per heavy atom. The zero-order valence-corrected chi connectivity index (χ0v) is 16.5. The van der Waals surface area contributed by atoms with Crippen molar-refractivity contribution in [1.29, 1.82) is 0 Å². The maximum atomic E-state index is 12.8. The van der Waals surface area contributed by atoms with E-state index in [1.54, 1.807) is 24.3 Å². The number of carbonyl (C=O) groups is 1. The number of nitrogens with zero attached hydrogens (tertiary/aromatic N) is 1. The first-order chi connectivity index (χ1) is 13.5. The first-order valence-corrected chi connectivity index (χ1v) is 11.3. The molecule has 0 saturated heterocycles. The van der Waals surface area contributed by atoms with E-state index < -0.39 is 9.84 Å². The number of carbonyl (C=O) groups excluding carboxylic acids is 1. The van der Waals surface area contributed by atoms with Crippen LogP contribution in [0.1, 0.15) is 32.1 Å². The molecule has 0 radical (unpaired) electrons. The van der Waals surface area contributed by atoms with Crippen molar-refractivity contribution in [3.8, 4) is 0 Å². The topological polar surface area (TPSA) is 68.2 Å². The molecule has 1 aromatic heterocycles. The Balaban J connectivity index is 1.42. The number of sulfone groups is 1.